The first-order valence-corrected chi connectivity index (χ1v) is 7.30. The Hall–Kier alpha value is -2.58. The summed E-state index contributed by atoms with van der Waals surface area (Å²) in [5.74, 6) is 1.06. The number of fused-ring (bicyclic) bond motifs is 1. The molecule has 0 aromatic heterocycles. The summed E-state index contributed by atoms with van der Waals surface area (Å²) in [7, 11) is 0. The number of nitrogens with zero attached hydrogens (tertiary/aromatic N) is 1. The summed E-state index contributed by atoms with van der Waals surface area (Å²) in [6, 6.07) is 14.4. The molecule has 1 aliphatic heterocycles. The summed E-state index contributed by atoms with van der Waals surface area (Å²) in [5, 5.41) is 8.52. The second kappa shape index (κ2) is 6.04. The molecule has 1 heterocycles. The molecule has 0 atom stereocenters. The molecule has 0 aliphatic carbocycles. The zero-order valence-corrected chi connectivity index (χ0v) is 13.0. The summed E-state index contributed by atoms with van der Waals surface area (Å²) in [6.07, 6.45) is 1.70. The predicted octanol–water partition coefficient (Wildman–Crippen LogP) is 3.97. The molecule has 2 aromatic rings. The molecule has 0 saturated carbocycles. The van der Waals surface area contributed by atoms with Gasteiger partial charge < -0.3 is 9.47 Å². The Morgan fingerprint density at radius 3 is 2.73 bits per heavy atom. The van der Waals surface area contributed by atoms with Crippen molar-refractivity contribution >= 4 is 27.8 Å². The number of Topliss-reactive ketones (excluding diaryl/α,β-unsaturated/α-hetero) is 1. The molecular formula is C17H10BrNO3. The van der Waals surface area contributed by atoms with Crippen LogP contribution in [0.2, 0.25) is 0 Å². The maximum Gasteiger partial charge on any atom is 0.231 e. The Bertz CT molecular complexity index is 804. The Morgan fingerprint density at radius 1 is 1.23 bits per heavy atom. The molecule has 22 heavy (non-hydrogen) atoms. The monoisotopic (exact) mass is 355 g/mol. The van der Waals surface area contributed by atoms with Crippen molar-refractivity contribution in [2.75, 3.05) is 6.61 Å². The van der Waals surface area contributed by atoms with Gasteiger partial charge in [0.15, 0.2) is 12.4 Å². The lowest BCUT2D eigenvalue weighted by molar-refractivity contribution is 0.101. The molecule has 2 aromatic carbocycles. The topological polar surface area (TPSA) is 59.3 Å². The number of ketones is 1. The number of carbonyl (C=O) groups excluding carboxylic acids is 1. The quantitative estimate of drug-likeness (QED) is 0.781. The van der Waals surface area contributed by atoms with Gasteiger partial charge in [0.25, 0.3) is 0 Å². The van der Waals surface area contributed by atoms with Crippen LogP contribution in [0, 0.1) is 11.3 Å². The van der Waals surface area contributed by atoms with Gasteiger partial charge in [0.05, 0.1) is 5.56 Å². The summed E-state index contributed by atoms with van der Waals surface area (Å²) >= 11 is 3.37. The SMILES string of the molecule is N#CCOc1ccc2c(c1)O/C(=C\c1ccc(Br)cc1)C2=O. The number of hydrogen-bond acceptors (Lipinski definition) is 4. The standard InChI is InChI=1S/C17H10BrNO3/c18-12-3-1-11(2-4-12)9-16-17(20)14-6-5-13(21-8-7-19)10-15(14)22-16/h1-6,9-10H,8H2/b16-9-. The second-order valence-corrected chi connectivity index (χ2v) is 5.51. The lowest BCUT2D eigenvalue weighted by atomic mass is 10.1. The number of hydrogen-bond donors (Lipinski definition) is 0. The maximum absolute atomic E-state index is 12.3. The van der Waals surface area contributed by atoms with E-state index in [9.17, 15) is 4.79 Å². The van der Waals surface area contributed by atoms with Gasteiger partial charge in [-0.3, -0.25) is 4.79 Å². The third-order valence-corrected chi connectivity index (χ3v) is 3.64. The van der Waals surface area contributed by atoms with E-state index >= 15 is 0 Å². The normalized spacial score (nSPS) is 14.4. The van der Waals surface area contributed by atoms with Crippen molar-refractivity contribution in [1.29, 1.82) is 5.26 Å². The van der Waals surface area contributed by atoms with E-state index in [2.05, 4.69) is 15.9 Å². The third kappa shape index (κ3) is 2.87. The van der Waals surface area contributed by atoms with Gasteiger partial charge in [-0.2, -0.15) is 5.26 Å². The molecule has 5 heteroatoms. The zero-order chi connectivity index (χ0) is 15.5. The maximum atomic E-state index is 12.3. The van der Waals surface area contributed by atoms with Crippen LogP contribution in [-0.4, -0.2) is 12.4 Å². The van der Waals surface area contributed by atoms with Gasteiger partial charge in [-0.15, -0.1) is 0 Å². The molecule has 0 bridgehead atoms. The summed E-state index contributed by atoms with van der Waals surface area (Å²) < 4.78 is 11.8. The van der Waals surface area contributed by atoms with Gasteiger partial charge in [0.2, 0.25) is 5.78 Å². The van der Waals surface area contributed by atoms with Crippen LogP contribution >= 0.6 is 15.9 Å². The molecule has 0 radical (unpaired) electrons. The fourth-order valence-electron chi connectivity index (χ4n) is 2.08. The average molecular weight is 356 g/mol. The fraction of sp³-hybridized carbons (Fsp3) is 0.0588. The molecule has 0 amide bonds. The average Bonchev–Trinajstić information content (AvgIpc) is 2.83. The van der Waals surface area contributed by atoms with Crippen LogP contribution in [0.1, 0.15) is 15.9 Å². The molecule has 0 spiro atoms. The molecule has 0 unspecified atom stereocenters. The van der Waals surface area contributed by atoms with Crippen LogP contribution in [0.25, 0.3) is 6.08 Å². The smallest absolute Gasteiger partial charge is 0.231 e. The minimum Gasteiger partial charge on any atom is -0.479 e. The van der Waals surface area contributed by atoms with E-state index in [0.717, 1.165) is 10.0 Å². The zero-order valence-electron chi connectivity index (χ0n) is 11.4. The number of nitriles is 1. The van der Waals surface area contributed by atoms with Gasteiger partial charge in [-0.1, -0.05) is 28.1 Å². The molecule has 0 saturated heterocycles. The van der Waals surface area contributed by atoms with E-state index in [1.54, 1.807) is 24.3 Å². The van der Waals surface area contributed by atoms with Crippen molar-refractivity contribution in [3.63, 3.8) is 0 Å². The lowest BCUT2D eigenvalue weighted by Crippen LogP contribution is -1.97. The Kier molecular flexibility index (Phi) is 3.94. The van der Waals surface area contributed by atoms with E-state index in [1.165, 1.54) is 0 Å². The van der Waals surface area contributed by atoms with E-state index in [-0.39, 0.29) is 18.1 Å². The number of halogens is 1. The lowest BCUT2D eigenvalue weighted by Gasteiger charge is -2.03. The van der Waals surface area contributed by atoms with Gasteiger partial charge in [-0.05, 0) is 35.9 Å². The van der Waals surface area contributed by atoms with Gasteiger partial charge in [0.1, 0.15) is 17.6 Å². The van der Waals surface area contributed by atoms with Crippen LogP contribution in [0.15, 0.2) is 52.7 Å². The van der Waals surface area contributed by atoms with Crippen molar-refractivity contribution in [3.8, 4) is 17.6 Å². The van der Waals surface area contributed by atoms with Crippen molar-refractivity contribution in [2.45, 2.75) is 0 Å². The highest BCUT2D eigenvalue weighted by Crippen LogP contribution is 2.34. The van der Waals surface area contributed by atoms with Gasteiger partial charge in [-0.25, -0.2) is 0 Å². The first kappa shape index (κ1) is 14.4. The van der Waals surface area contributed by atoms with Crippen molar-refractivity contribution in [1.82, 2.24) is 0 Å². The van der Waals surface area contributed by atoms with Crippen molar-refractivity contribution in [2.24, 2.45) is 0 Å². The second-order valence-electron chi connectivity index (χ2n) is 4.60. The van der Waals surface area contributed by atoms with Crippen LogP contribution in [0.3, 0.4) is 0 Å². The fourth-order valence-corrected chi connectivity index (χ4v) is 2.35. The van der Waals surface area contributed by atoms with Crippen molar-refractivity contribution < 1.29 is 14.3 Å². The molecule has 3 rings (SSSR count). The highest BCUT2D eigenvalue weighted by atomic mass is 79.9. The van der Waals surface area contributed by atoms with Crippen molar-refractivity contribution in [3.05, 3.63) is 63.8 Å². The van der Waals surface area contributed by atoms with Crippen LogP contribution in [-0.2, 0) is 0 Å². The molecule has 108 valence electrons. The van der Waals surface area contributed by atoms with E-state index in [4.69, 9.17) is 14.7 Å². The predicted molar refractivity (Wildman–Crippen MR) is 84.6 cm³/mol. The number of carbonyl (C=O) groups is 1. The van der Waals surface area contributed by atoms with Gasteiger partial charge in [0, 0.05) is 10.5 Å². The van der Waals surface area contributed by atoms with Crippen LogP contribution in [0.5, 0.6) is 11.5 Å². The minimum atomic E-state index is -0.162. The summed E-state index contributed by atoms with van der Waals surface area (Å²) in [5.41, 5.74) is 1.37. The molecule has 0 N–H and O–H groups in total. The number of ether oxygens (including phenoxy) is 2. The first-order chi connectivity index (χ1) is 10.7. The summed E-state index contributed by atoms with van der Waals surface area (Å²) in [4.78, 5) is 12.3. The third-order valence-electron chi connectivity index (χ3n) is 3.11. The molecule has 0 fully saturated rings. The first-order valence-electron chi connectivity index (χ1n) is 6.51. The minimum absolute atomic E-state index is 0.0473. The highest BCUT2D eigenvalue weighted by Gasteiger charge is 2.27. The summed E-state index contributed by atoms with van der Waals surface area (Å²) in [6.45, 7) is -0.0473. The number of benzene rings is 2. The van der Waals surface area contributed by atoms with Gasteiger partial charge >= 0.3 is 0 Å². The van der Waals surface area contributed by atoms with Crippen LogP contribution < -0.4 is 9.47 Å². The van der Waals surface area contributed by atoms with E-state index in [1.807, 2.05) is 30.3 Å². The molecular weight excluding hydrogens is 346 g/mol. The molecule has 4 nitrogen and oxygen atoms in total. The largest absolute Gasteiger partial charge is 0.479 e. The molecule has 1 aliphatic rings. The van der Waals surface area contributed by atoms with Crippen LogP contribution in [0.4, 0.5) is 0 Å². The Balaban J connectivity index is 1.87. The number of rotatable bonds is 3. The van der Waals surface area contributed by atoms with E-state index in [0.29, 0.717) is 17.1 Å². The Labute approximate surface area is 135 Å². The Morgan fingerprint density at radius 2 is 2.00 bits per heavy atom. The highest BCUT2D eigenvalue weighted by molar-refractivity contribution is 9.10. The van der Waals surface area contributed by atoms with E-state index < -0.39 is 0 Å². The number of allylic oxidation sites excluding steroid dienone is 1.